The van der Waals surface area contributed by atoms with Gasteiger partial charge in [-0.05, 0) is 49.2 Å². The van der Waals surface area contributed by atoms with Crippen molar-refractivity contribution in [1.82, 2.24) is 0 Å². The van der Waals surface area contributed by atoms with Crippen molar-refractivity contribution in [3.63, 3.8) is 0 Å². The van der Waals surface area contributed by atoms with Gasteiger partial charge in [0.25, 0.3) is 0 Å². The number of anilines is 2. The number of carbonyl (C=O) groups excluding carboxylic acids is 1. The van der Waals surface area contributed by atoms with Gasteiger partial charge in [0.15, 0.2) is 6.79 Å². The molecular weight excluding hydrogens is 328 g/mol. The second kappa shape index (κ2) is 8.54. The Hall–Kier alpha value is -2.79. The molecule has 0 bridgehead atoms. The Kier molecular flexibility index (Phi) is 5.92. The number of benzene rings is 2. The molecule has 0 atom stereocenters. The fourth-order valence-electron chi connectivity index (χ4n) is 3.05. The molecule has 0 spiro atoms. The van der Waals surface area contributed by atoms with Gasteiger partial charge in [-0.1, -0.05) is 24.3 Å². The van der Waals surface area contributed by atoms with Crippen LogP contribution in [0.5, 0.6) is 5.75 Å². The third-order valence-corrected chi connectivity index (χ3v) is 4.34. The van der Waals surface area contributed by atoms with E-state index in [2.05, 4.69) is 35.3 Å². The fourth-order valence-corrected chi connectivity index (χ4v) is 3.05. The number of hydrogen-bond acceptors (Lipinski definition) is 4. The predicted molar refractivity (Wildman–Crippen MR) is 104 cm³/mol. The number of nitrogens with one attached hydrogen (secondary N) is 1. The van der Waals surface area contributed by atoms with E-state index in [-0.39, 0.29) is 12.7 Å². The van der Waals surface area contributed by atoms with Crippen LogP contribution in [0.1, 0.15) is 18.9 Å². The topological polar surface area (TPSA) is 50.8 Å². The first-order valence-corrected chi connectivity index (χ1v) is 8.70. The molecule has 0 aliphatic carbocycles. The molecule has 0 saturated carbocycles. The maximum Gasteiger partial charge on any atom is 0.243 e. The lowest BCUT2D eigenvalue weighted by molar-refractivity contribution is -0.115. The molecule has 26 heavy (non-hydrogen) atoms. The number of fused-ring (bicyclic) bond motifs is 1. The summed E-state index contributed by atoms with van der Waals surface area (Å²) in [5, 5.41) is 2.95. The number of nitrogens with zero attached hydrogens (tertiary/aromatic N) is 1. The highest BCUT2D eigenvalue weighted by Gasteiger charge is 2.17. The first kappa shape index (κ1) is 18.0. The second-order valence-electron chi connectivity index (χ2n) is 6.24. The van der Waals surface area contributed by atoms with Crippen LogP contribution in [0.3, 0.4) is 0 Å². The molecule has 136 valence electrons. The number of ether oxygens (including phenoxy) is 2. The maximum absolute atomic E-state index is 12.5. The first-order valence-electron chi connectivity index (χ1n) is 8.70. The molecule has 3 rings (SSSR count). The Morgan fingerprint density at radius 2 is 1.92 bits per heavy atom. The van der Waals surface area contributed by atoms with Gasteiger partial charge in [0.2, 0.25) is 5.91 Å². The Bertz CT molecular complexity index is 784. The molecule has 1 aliphatic heterocycles. The lowest BCUT2D eigenvalue weighted by atomic mass is 10.1. The predicted octanol–water partition coefficient (Wildman–Crippen LogP) is 3.92. The summed E-state index contributed by atoms with van der Waals surface area (Å²) in [6, 6.07) is 15.5. The van der Waals surface area contributed by atoms with Crippen molar-refractivity contribution in [2.45, 2.75) is 13.3 Å². The van der Waals surface area contributed by atoms with Crippen molar-refractivity contribution in [3.8, 4) is 5.75 Å². The fraction of sp³-hybridized carbons (Fsp3) is 0.286. The van der Waals surface area contributed by atoms with Crippen LogP contribution < -0.4 is 15.0 Å². The molecular formula is C21H24N2O3. The minimum atomic E-state index is -0.0371. The standard InChI is InChI=1S/C21H24N2O3/c1-16-6-5-13-23(20-8-4-3-7-19(16)20)14-21(24)22-17-9-11-18(12-10-17)26-15-25-2/h3-4,6-12H,5,13-15H2,1-2H3,(H,22,24). The van der Waals surface area contributed by atoms with Crippen LogP contribution in [-0.2, 0) is 9.53 Å². The minimum absolute atomic E-state index is 0.0371. The molecule has 1 N–H and O–H groups in total. The molecule has 0 radical (unpaired) electrons. The Morgan fingerprint density at radius 3 is 2.69 bits per heavy atom. The van der Waals surface area contributed by atoms with E-state index in [1.807, 2.05) is 36.4 Å². The van der Waals surface area contributed by atoms with Gasteiger partial charge < -0.3 is 19.7 Å². The summed E-state index contributed by atoms with van der Waals surface area (Å²) in [5.74, 6) is 0.665. The SMILES string of the molecule is COCOc1ccc(NC(=O)CN2CCC=C(C)c3ccccc32)cc1. The largest absolute Gasteiger partial charge is 0.468 e. The Balaban J connectivity index is 1.64. The number of allylic oxidation sites excluding steroid dienone is 1. The van der Waals surface area contributed by atoms with Crippen LogP contribution in [0, 0.1) is 0 Å². The smallest absolute Gasteiger partial charge is 0.243 e. The summed E-state index contributed by atoms with van der Waals surface area (Å²) in [7, 11) is 1.58. The van der Waals surface area contributed by atoms with Crippen LogP contribution in [0.15, 0.2) is 54.6 Å². The van der Waals surface area contributed by atoms with Crippen molar-refractivity contribution < 1.29 is 14.3 Å². The zero-order chi connectivity index (χ0) is 18.4. The van der Waals surface area contributed by atoms with Gasteiger partial charge in [-0.25, -0.2) is 0 Å². The quantitative estimate of drug-likeness (QED) is 0.801. The van der Waals surface area contributed by atoms with Crippen molar-refractivity contribution in [2.75, 3.05) is 37.2 Å². The van der Waals surface area contributed by atoms with E-state index in [0.717, 1.165) is 24.3 Å². The van der Waals surface area contributed by atoms with Crippen LogP contribution in [-0.4, -0.2) is 32.9 Å². The van der Waals surface area contributed by atoms with Gasteiger partial charge in [-0.3, -0.25) is 4.79 Å². The highest BCUT2D eigenvalue weighted by molar-refractivity contribution is 5.94. The molecule has 1 aliphatic rings. The zero-order valence-corrected chi connectivity index (χ0v) is 15.2. The highest BCUT2D eigenvalue weighted by atomic mass is 16.7. The van der Waals surface area contributed by atoms with E-state index < -0.39 is 0 Å². The number of methoxy groups -OCH3 is 1. The van der Waals surface area contributed by atoms with Crippen molar-refractivity contribution in [2.24, 2.45) is 0 Å². The van der Waals surface area contributed by atoms with E-state index in [0.29, 0.717) is 12.3 Å². The molecule has 0 unspecified atom stereocenters. The summed E-state index contributed by atoms with van der Waals surface area (Å²) in [4.78, 5) is 14.7. The Morgan fingerprint density at radius 1 is 1.15 bits per heavy atom. The lowest BCUT2D eigenvalue weighted by Crippen LogP contribution is -2.34. The Labute approximate surface area is 154 Å². The van der Waals surface area contributed by atoms with Crippen LogP contribution in [0.2, 0.25) is 0 Å². The minimum Gasteiger partial charge on any atom is -0.468 e. The van der Waals surface area contributed by atoms with Crippen LogP contribution >= 0.6 is 0 Å². The van der Waals surface area contributed by atoms with Gasteiger partial charge >= 0.3 is 0 Å². The van der Waals surface area contributed by atoms with E-state index in [4.69, 9.17) is 9.47 Å². The molecule has 1 heterocycles. The average molecular weight is 352 g/mol. The summed E-state index contributed by atoms with van der Waals surface area (Å²) in [6.45, 7) is 3.47. The van der Waals surface area contributed by atoms with Crippen molar-refractivity contribution in [3.05, 3.63) is 60.2 Å². The molecule has 1 amide bonds. The monoisotopic (exact) mass is 352 g/mol. The van der Waals surface area contributed by atoms with Gasteiger partial charge in [0.1, 0.15) is 5.75 Å². The molecule has 2 aromatic carbocycles. The normalized spacial score (nSPS) is 13.5. The first-order chi connectivity index (χ1) is 12.7. The lowest BCUT2D eigenvalue weighted by Gasteiger charge is -2.24. The van der Waals surface area contributed by atoms with Gasteiger partial charge in [0, 0.05) is 30.6 Å². The van der Waals surface area contributed by atoms with Crippen molar-refractivity contribution in [1.29, 1.82) is 0 Å². The van der Waals surface area contributed by atoms with Crippen LogP contribution in [0.25, 0.3) is 5.57 Å². The summed E-state index contributed by atoms with van der Waals surface area (Å²) in [6.07, 6.45) is 3.16. The second-order valence-corrected chi connectivity index (χ2v) is 6.24. The summed E-state index contributed by atoms with van der Waals surface area (Å²) >= 11 is 0. The molecule has 2 aromatic rings. The molecule has 0 saturated heterocycles. The van der Waals surface area contributed by atoms with E-state index in [9.17, 15) is 4.79 Å². The van der Waals surface area contributed by atoms with Gasteiger partial charge in [-0.15, -0.1) is 0 Å². The average Bonchev–Trinajstić information content (AvgIpc) is 2.81. The van der Waals surface area contributed by atoms with Crippen LogP contribution in [0.4, 0.5) is 11.4 Å². The van der Waals surface area contributed by atoms with Crippen molar-refractivity contribution >= 4 is 22.9 Å². The number of carbonyl (C=O) groups is 1. The maximum atomic E-state index is 12.5. The molecule has 5 nitrogen and oxygen atoms in total. The zero-order valence-electron chi connectivity index (χ0n) is 15.2. The van der Waals surface area contributed by atoms with Gasteiger partial charge in [-0.2, -0.15) is 0 Å². The number of rotatable bonds is 6. The van der Waals surface area contributed by atoms with E-state index in [1.54, 1.807) is 7.11 Å². The van der Waals surface area contributed by atoms with E-state index in [1.165, 1.54) is 11.1 Å². The number of amides is 1. The van der Waals surface area contributed by atoms with E-state index >= 15 is 0 Å². The number of hydrogen-bond donors (Lipinski definition) is 1. The van der Waals surface area contributed by atoms with Gasteiger partial charge in [0.05, 0.1) is 6.54 Å². The summed E-state index contributed by atoms with van der Waals surface area (Å²) < 4.78 is 10.2. The third kappa shape index (κ3) is 4.43. The molecule has 5 heteroatoms. The number of para-hydroxylation sites is 1. The summed E-state index contributed by atoms with van der Waals surface area (Å²) in [5.41, 5.74) is 4.31. The molecule has 0 fully saturated rings. The molecule has 0 aromatic heterocycles. The highest BCUT2D eigenvalue weighted by Crippen LogP contribution is 2.30. The third-order valence-electron chi connectivity index (χ3n) is 4.34.